The van der Waals surface area contributed by atoms with Gasteiger partial charge in [-0.25, -0.2) is 0 Å². The summed E-state index contributed by atoms with van der Waals surface area (Å²) in [5, 5.41) is 3.62. The Bertz CT molecular complexity index is 1040. The summed E-state index contributed by atoms with van der Waals surface area (Å²) in [6, 6.07) is 26.3. The third-order valence-electron chi connectivity index (χ3n) is 7.07. The molecule has 0 saturated carbocycles. The van der Waals surface area contributed by atoms with Gasteiger partial charge in [0.15, 0.2) is 0 Å². The molecular weight excluding hydrogens is 350 g/mol. The van der Waals surface area contributed by atoms with Crippen molar-refractivity contribution in [1.29, 1.82) is 0 Å². The van der Waals surface area contributed by atoms with Crippen molar-refractivity contribution in [1.82, 2.24) is 0 Å². The van der Waals surface area contributed by atoms with E-state index in [2.05, 4.69) is 111 Å². The van der Waals surface area contributed by atoms with E-state index in [1.165, 1.54) is 28.8 Å². The van der Waals surface area contributed by atoms with Crippen LogP contribution in [0.4, 0.5) is 11.4 Å². The molecule has 0 bridgehead atoms. The van der Waals surface area contributed by atoms with Crippen molar-refractivity contribution in [2.24, 2.45) is 11.8 Å². The molecule has 0 aromatic heterocycles. The Balaban J connectivity index is 1.42. The number of hydrogen-bond acceptors (Lipinski definition) is 1. The molecule has 5 rings (SSSR count). The Morgan fingerprint density at radius 2 is 1.52 bits per heavy atom. The Morgan fingerprint density at radius 1 is 0.828 bits per heavy atom. The minimum Gasteiger partial charge on any atom is -0.356 e. The van der Waals surface area contributed by atoms with Crippen LogP contribution in [0.5, 0.6) is 0 Å². The van der Waals surface area contributed by atoms with Crippen molar-refractivity contribution in [2.75, 3.05) is 5.32 Å². The van der Waals surface area contributed by atoms with E-state index in [0.29, 0.717) is 11.8 Å². The van der Waals surface area contributed by atoms with Gasteiger partial charge in [-0.1, -0.05) is 81.5 Å². The van der Waals surface area contributed by atoms with Gasteiger partial charge in [0.05, 0.1) is 0 Å². The lowest BCUT2D eigenvalue weighted by Gasteiger charge is -2.34. The molecule has 0 saturated heterocycles. The second-order valence-corrected chi connectivity index (χ2v) is 9.28. The molecule has 0 aliphatic heterocycles. The highest BCUT2D eigenvalue weighted by Gasteiger charge is 2.47. The van der Waals surface area contributed by atoms with E-state index in [4.69, 9.17) is 0 Å². The summed E-state index contributed by atoms with van der Waals surface area (Å²) in [4.78, 5) is 0. The van der Waals surface area contributed by atoms with Crippen LogP contribution >= 0.6 is 0 Å². The van der Waals surface area contributed by atoms with Gasteiger partial charge in [0.2, 0.25) is 0 Å². The number of anilines is 2. The van der Waals surface area contributed by atoms with Crippen molar-refractivity contribution >= 4 is 11.4 Å². The van der Waals surface area contributed by atoms with E-state index in [-0.39, 0.29) is 5.41 Å². The first kappa shape index (κ1) is 18.2. The van der Waals surface area contributed by atoms with Crippen LogP contribution in [0.15, 0.2) is 84.9 Å². The Kier molecular flexibility index (Phi) is 4.35. The molecule has 1 nitrogen and oxygen atoms in total. The predicted octanol–water partition coefficient (Wildman–Crippen LogP) is 7.68. The third-order valence-corrected chi connectivity index (χ3v) is 7.07. The first-order chi connectivity index (χ1) is 14.0. The van der Waals surface area contributed by atoms with E-state index >= 15 is 0 Å². The lowest BCUT2D eigenvalue weighted by molar-refractivity contribution is 0.293. The molecule has 3 aromatic rings. The van der Waals surface area contributed by atoms with Crippen LogP contribution in [0.25, 0.3) is 11.1 Å². The summed E-state index contributed by atoms with van der Waals surface area (Å²) < 4.78 is 0. The maximum absolute atomic E-state index is 3.62. The molecule has 2 unspecified atom stereocenters. The summed E-state index contributed by atoms with van der Waals surface area (Å²) in [7, 11) is 0. The van der Waals surface area contributed by atoms with Gasteiger partial charge >= 0.3 is 0 Å². The Hall–Kier alpha value is -2.80. The zero-order valence-corrected chi connectivity index (χ0v) is 17.5. The molecule has 1 N–H and O–H groups in total. The molecule has 2 aliphatic carbocycles. The molecule has 29 heavy (non-hydrogen) atoms. The standard InChI is InChI=1S/C28H29N/c1-19-8-7-11-25-27(19)24-17-16-23(18-26(24)28(25,2)3)29-22-14-12-21(13-15-22)20-9-5-4-6-10-20/h4-7,9-19,25,27,29H,8H2,1-3H3/t19-,25?,27?/m1/s1. The van der Waals surface area contributed by atoms with Crippen molar-refractivity contribution < 1.29 is 0 Å². The number of allylic oxidation sites excluding steroid dienone is 2. The van der Waals surface area contributed by atoms with E-state index in [1.807, 2.05) is 0 Å². The molecule has 3 aromatic carbocycles. The van der Waals surface area contributed by atoms with E-state index in [9.17, 15) is 0 Å². The molecular formula is C28H29N. The quantitative estimate of drug-likeness (QED) is 0.460. The fourth-order valence-electron chi connectivity index (χ4n) is 5.46. The zero-order chi connectivity index (χ0) is 20.0. The minimum atomic E-state index is 0.181. The van der Waals surface area contributed by atoms with Gasteiger partial charge in [0.1, 0.15) is 0 Å². The normalized spacial score (nSPS) is 24.0. The summed E-state index contributed by atoms with van der Waals surface area (Å²) >= 11 is 0. The number of fused-ring (bicyclic) bond motifs is 3. The third kappa shape index (κ3) is 3.09. The number of benzene rings is 3. The van der Waals surface area contributed by atoms with Crippen molar-refractivity contribution in [2.45, 2.75) is 38.5 Å². The van der Waals surface area contributed by atoms with Crippen LogP contribution < -0.4 is 5.32 Å². The fourth-order valence-corrected chi connectivity index (χ4v) is 5.46. The van der Waals surface area contributed by atoms with Crippen molar-refractivity contribution in [3.05, 3.63) is 96.1 Å². The highest BCUT2D eigenvalue weighted by molar-refractivity contribution is 5.69. The van der Waals surface area contributed by atoms with Gasteiger partial charge in [0, 0.05) is 11.4 Å². The lowest BCUT2D eigenvalue weighted by atomic mass is 9.69. The zero-order valence-electron chi connectivity index (χ0n) is 17.5. The number of nitrogens with one attached hydrogen (secondary N) is 1. The fraction of sp³-hybridized carbons (Fsp3) is 0.286. The van der Waals surface area contributed by atoms with Crippen LogP contribution in [-0.4, -0.2) is 0 Å². The van der Waals surface area contributed by atoms with Crippen LogP contribution in [0.1, 0.15) is 44.2 Å². The van der Waals surface area contributed by atoms with E-state index in [0.717, 1.165) is 11.6 Å². The predicted molar refractivity (Wildman–Crippen MR) is 124 cm³/mol. The SMILES string of the molecule is C[C@@H]1CC=CC2C1c1ccc(Nc3ccc(-c4ccccc4)cc3)cc1C2(C)C. The number of hydrogen-bond donors (Lipinski definition) is 1. The topological polar surface area (TPSA) is 12.0 Å². The first-order valence-corrected chi connectivity index (χ1v) is 10.8. The van der Waals surface area contributed by atoms with Crippen LogP contribution in [0.3, 0.4) is 0 Å². The Labute approximate surface area is 174 Å². The van der Waals surface area contributed by atoms with Gasteiger partial charge in [0.25, 0.3) is 0 Å². The Morgan fingerprint density at radius 3 is 2.28 bits per heavy atom. The van der Waals surface area contributed by atoms with Crippen LogP contribution in [0, 0.1) is 11.8 Å². The minimum absolute atomic E-state index is 0.181. The average molecular weight is 380 g/mol. The monoisotopic (exact) mass is 379 g/mol. The van der Waals surface area contributed by atoms with E-state index < -0.39 is 0 Å². The van der Waals surface area contributed by atoms with Gasteiger partial charge in [-0.3, -0.25) is 0 Å². The molecule has 0 amide bonds. The maximum atomic E-state index is 3.62. The summed E-state index contributed by atoms with van der Waals surface area (Å²) in [6.45, 7) is 7.24. The first-order valence-electron chi connectivity index (χ1n) is 10.8. The van der Waals surface area contributed by atoms with Gasteiger partial charge in [-0.15, -0.1) is 0 Å². The largest absolute Gasteiger partial charge is 0.356 e. The summed E-state index contributed by atoms with van der Waals surface area (Å²) in [5.41, 5.74) is 8.06. The molecule has 0 spiro atoms. The lowest BCUT2D eigenvalue weighted by Crippen LogP contribution is -2.28. The highest BCUT2D eigenvalue weighted by atomic mass is 14.9. The maximum Gasteiger partial charge on any atom is 0.0387 e. The molecule has 0 radical (unpaired) electrons. The highest BCUT2D eigenvalue weighted by Crippen LogP contribution is 2.56. The van der Waals surface area contributed by atoms with Gasteiger partial charge < -0.3 is 5.32 Å². The molecule has 3 atom stereocenters. The molecule has 2 aliphatic rings. The average Bonchev–Trinajstić information content (AvgIpc) is 2.97. The van der Waals surface area contributed by atoms with Gasteiger partial charge in [-0.2, -0.15) is 0 Å². The molecule has 0 heterocycles. The smallest absolute Gasteiger partial charge is 0.0387 e. The van der Waals surface area contributed by atoms with Crippen LogP contribution in [0.2, 0.25) is 0 Å². The van der Waals surface area contributed by atoms with Crippen molar-refractivity contribution in [3.8, 4) is 11.1 Å². The number of rotatable bonds is 3. The summed E-state index contributed by atoms with van der Waals surface area (Å²) in [5.74, 6) is 1.99. The second kappa shape index (κ2) is 6.91. The van der Waals surface area contributed by atoms with Crippen molar-refractivity contribution in [3.63, 3.8) is 0 Å². The second-order valence-electron chi connectivity index (χ2n) is 9.28. The molecule has 0 fully saturated rings. The van der Waals surface area contributed by atoms with Crippen LogP contribution in [-0.2, 0) is 5.41 Å². The molecule has 146 valence electrons. The molecule has 1 heteroatoms. The summed E-state index contributed by atoms with van der Waals surface area (Å²) in [6.07, 6.45) is 6.07. The van der Waals surface area contributed by atoms with E-state index in [1.54, 1.807) is 5.56 Å². The van der Waals surface area contributed by atoms with Gasteiger partial charge in [-0.05, 0) is 76.1 Å².